The molecule has 0 radical (unpaired) electrons. The van der Waals surface area contributed by atoms with E-state index in [1.165, 1.54) is 31.1 Å². The highest BCUT2D eigenvalue weighted by atomic mass is 16.4. The highest BCUT2D eigenvalue weighted by molar-refractivity contribution is 6.24. The zero-order valence-electron chi connectivity index (χ0n) is 25.0. The van der Waals surface area contributed by atoms with E-state index in [4.69, 9.17) is 5.73 Å². The Labute approximate surface area is 248 Å². The summed E-state index contributed by atoms with van der Waals surface area (Å²) < 4.78 is 0. The van der Waals surface area contributed by atoms with Crippen molar-refractivity contribution >= 4 is 28.9 Å². The maximum Gasteiger partial charge on any atom is 0.255 e. The predicted octanol–water partition coefficient (Wildman–Crippen LogP) is 0.147. The number of primary amides is 1. The second kappa shape index (κ2) is 9.76. The second-order valence-corrected chi connectivity index (χ2v) is 13.8. The van der Waals surface area contributed by atoms with Crippen LogP contribution in [0.2, 0.25) is 0 Å². The Morgan fingerprint density at radius 2 is 1.63 bits per heavy atom. The highest BCUT2D eigenvalue weighted by Gasteiger charge is 2.68. The van der Waals surface area contributed by atoms with Crippen LogP contribution in [-0.4, -0.2) is 102 Å². The van der Waals surface area contributed by atoms with Gasteiger partial charge in [-0.25, -0.2) is 0 Å². The number of fused-ring (bicyclic) bond motifs is 3. The van der Waals surface area contributed by atoms with Gasteiger partial charge in [-0.05, 0) is 66.3 Å². The number of phenols is 1. The average molecular weight is 601 g/mol. The lowest BCUT2D eigenvalue weighted by Gasteiger charge is -2.53. The van der Waals surface area contributed by atoms with Crippen molar-refractivity contribution in [1.29, 1.82) is 0 Å². The number of ketones is 2. The number of benzene rings is 1. The molecule has 0 bridgehead atoms. The van der Waals surface area contributed by atoms with Gasteiger partial charge in [-0.15, -0.1) is 0 Å². The predicted molar refractivity (Wildman–Crippen MR) is 155 cm³/mol. The summed E-state index contributed by atoms with van der Waals surface area (Å²) in [6, 6.07) is 1.40. The molecule has 1 aliphatic heterocycles. The van der Waals surface area contributed by atoms with Crippen LogP contribution in [0.3, 0.4) is 0 Å². The van der Waals surface area contributed by atoms with Crippen LogP contribution in [0.4, 0.5) is 5.69 Å². The van der Waals surface area contributed by atoms with E-state index in [0.29, 0.717) is 12.8 Å². The van der Waals surface area contributed by atoms with Gasteiger partial charge in [0.1, 0.15) is 22.8 Å². The van der Waals surface area contributed by atoms with Crippen molar-refractivity contribution in [2.24, 2.45) is 17.6 Å². The molecule has 1 amide bonds. The Morgan fingerprint density at radius 3 is 2.16 bits per heavy atom. The minimum atomic E-state index is -3.05. The second-order valence-electron chi connectivity index (χ2n) is 13.8. The van der Waals surface area contributed by atoms with Gasteiger partial charge < -0.3 is 47.0 Å². The van der Waals surface area contributed by atoms with Gasteiger partial charge in [0.05, 0.1) is 35.4 Å². The monoisotopic (exact) mass is 600 g/mol. The lowest BCUT2D eigenvalue weighted by Crippen LogP contribution is -2.70. The van der Waals surface area contributed by atoms with Crippen molar-refractivity contribution in [3.8, 4) is 5.75 Å². The van der Waals surface area contributed by atoms with Gasteiger partial charge in [0.2, 0.25) is 5.78 Å². The topological polar surface area (TPSA) is 226 Å². The summed E-state index contributed by atoms with van der Waals surface area (Å²) >= 11 is 0. The number of rotatable bonds is 4. The van der Waals surface area contributed by atoms with E-state index in [9.17, 15) is 45.0 Å². The number of carbonyl (C=O) groups is 3. The number of carbonyl (C=O) groups excluding carboxylic acids is 3. The number of aromatic hydroxyl groups is 1. The number of amides is 1. The molecule has 1 saturated heterocycles. The SMILES string of the molecule is CN(C)C1C(=O)C(C(N)=O)=C(O)C2(O)C(=O)C3=C(O)c4c(ccc(NC5CC(C)(C)NC(C)(C)C5)c4O)C(O)C3C(O)C12. The van der Waals surface area contributed by atoms with Crippen molar-refractivity contribution < 1.29 is 45.0 Å². The third kappa shape index (κ3) is 4.44. The number of piperidine rings is 1. The fourth-order valence-electron chi connectivity index (χ4n) is 8.04. The number of Topliss-reactive ketones (excluding diaryl/α,β-unsaturated/α-hetero) is 2. The first-order valence-electron chi connectivity index (χ1n) is 14.2. The number of anilines is 1. The Kier molecular flexibility index (Phi) is 7.02. The number of nitrogens with zero attached hydrogens (tertiary/aromatic N) is 1. The molecule has 3 aliphatic carbocycles. The molecular formula is C30H40N4O9. The van der Waals surface area contributed by atoms with Crippen molar-refractivity contribution in [3.63, 3.8) is 0 Å². The molecule has 13 heteroatoms. The largest absolute Gasteiger partial charge is 0.508 e. The van der Waals surface area contributed by atoms with E-state index in [1.807, 2.05) is 0 Å². The number of nitrogens with two attached hydrogens (primary N) is 1. The van der Waals surface area contributed by atoms with Crippen LogP contribution in [0.5, 0.6) is 5.75 Å². The molecule has 1 saturated carbocycles. The van der Waals surface area contributed by atoms with Gasteiger partial charge in [-0.1, -0.05) is 6.07 Å². The zero-order chi connectivity index (χ0) is 32.1. The molecule has 5 rings (SSSR count). The van der Waals surface area contributed by atoms with Crippen LogP contribution in [0.15, 0.2) is 29.0 Å². The van der Waals surface area contributed by atoms with E-state index in [1.54, 1.807) is 0 Å². The molecule has 13 nitrogen and oxygen atoms in total. The Balaban J connectivity index is 1.66. The number of hydrogen-bond donors (Lipinski definition) is 9. The Hall–Kier alpha value is -3.49. The number of aliphatic hydroxyl groups excluding tert-OH is 4. The van der Waals surface area contributed by atoms with E-state index in [-0.39, 0.29) is 33.9 Å². The zero-order valence-corrected chi connectivity index (χ0v) is 25.0. The summed E-state index contributed by atoms with van der Waals surface area (Å²) in [5.41, 5.74) is 0.124. The summed E-state index contributed by atoms with van der Waals surface area (Å²) in [5.74, 6) is -9.67. The van der Waals surface area contributed by atoms with Gasteiger partial charge in [-0.3, -0.25) is 19.3 Å². The number of hydrogen-bond acceptors (Lipinski definition) is 12. The molecule has 6 atom stereocenters. The molecular weight excluding hydrogens is 560 g/mol. The lowest BCUT2D eigenvalue weighted by atomic mass is 9.55. The molecule has 234 valence electrons. The van der Waals surface area contributed by atoms with Gasteiger partial charge in [0.25, 0.3) is 5.91 Å². The number of phenolic OH excluding ortho intramolecular Hbond substituents is 1. The first kappa shape index (κ1) is 31.0. The fraction of sp³-hybridized carbons (Fsp3) is 0.567. The van der Waals surface area contributed by atoms with Crippen molar-refractivity contribution in [1.82, 2.24) is 10.2 Å². The van der Waals surface area contributed by atoms with Crippen LogP contribution in [0.25, 0.3) is 5.76 Å². The maximum atomic E-state index is 14.1. The molecule has 1 aromatic carbocycles. The molecule has 10 N–H and O–H groups in total. The number of nitrogens with one attached hydrogen (secondary N) is 2. The Bertz CT molecular complexity index is 1480. The van der Waals surface area contributed by atoms with Crippen molar-refractivity contribution in [2.45, 2.75) is 81.5 Å². The molecule has 4 aliphatic rings. The van der Waals surface area contributed by atoms with Crippen molar-refractivity contribution in [3.05, 3.63) is 40.2 Å². The van der Waals surface area contributed by atoms with E-state index >= 15 is 0 Å². The van der Waals surface area contributed by atoms with Crippen LogP contribution < -0.4 is 16.4 Å². The summed E-state index contributed by atoms with van der Waals surface area (Å²) in [7, 11) is 2.82. The summed E-state index contributed by atoms with van der Waals surface area (Å²) in [6.07, 6.45) is -2.15. The van der Waals surface area contributed by atoms with Gasteiger partial charge in [0, 0.05) is 28.6 Å². The van der Waals surface area contributed by atoms with Crippen LogP contribution in [0.1, 0.15) is 57.8 Å². The van der Waals surface area contributed by atoms with E-state index < -0.39 is 81.6 Å². The van der Waals surface area contributed by atoms with Gasteiger partial charge >= 0.3 is 0 Å². The van der Waals surface area contributed by atoms with Gasteiger partial charge in [0.15, 0.2) is 11.4 Å². The van der Waals surface area contributed by atoms with Crippen LogP contribution >= 0.6 is 0 Å². The third-order valence-electron chi connectivity index (χ3n) is 9.31. The first-order valence-corrected chi connectivity index (χ1v) is 14.2. The molecule has 6 unspecified atom stereocenters. The quantitative estimate of drug-likeness (QED) is 0.166. The number of likely N-dealkylation sites (N-methyl/N-ethyl adjacent to an activating group) is 1. The van der Waals surface area contributed by atoms with Crippen LogP contribution in [0, 0.1) is 11.8 Å². The standard InChI is InChI=1S/C30H40N4O9/c1-28(2)9-11(10-29(3,4)33-28)32-13-8-7-12-14(21(13)36)22(37)16-15(20(12)35)23(38)18-19(34(5)6)24(39)17(27(31)42)26(41)30(18,43)25(16)40/h7-8,11,15,18-20,23,32-33,35-38,41,43H,9-10H2,1-6H3,(H2,31,42). The summed E-state index contributed by atoms with van der Waals surface area (Å²) in [4.78, 5) is 40.7. The molecule has 0 spiro atoms. The molecule has 0 aromatic heterocycles. The number of aliphatic hydroxyl groups is 5. The smallest absolute Gasteiger partial charge is 0.255 e. The van der Waals surface area contributed by atoms with Gasteiger partial charge in [-0.2, -0.15) is 0 Å². The van der Waals surface area contributed by atoms with Crippen LogP contribution in [-0.2, 0) is 14.4 Å². The normalized spacial score (nSPS) is 33.7. The molecule has 1 aromatic rings. The maximum absolute atomic E-state index is 14.1. The average Bonchev–Trinajstić information content (AvgIpc) is 2.85. The Morgan fingerprint density at radius 1 is 1.05 bits per heavy atom. The molecule has 1 heterocycles. The summed E-state index contributed by atoms with van der Waals surface area (Å²) in [5, 5.41) is 75.6. The summed E-state index contributed by atoms with van der Waals surface area (Å²) in [6.45, 7) is 8.25. The van der Waals surface area contributed by atoms with E-state index in [0.717, 1.165) is 0 Å². The molecule has 43 heavy (non-hydrogen) atoms. The van der Waals surface area contributed by atoms with E-state index in [2.05, 4.69) is 38.3 Å². The minimum absolute atomic E-state index is 0.0127. The fourth-order valence-corrected chi connectivity index (χ4v) is 8.04. The highest BCUT2D eigenvalue weighted by Crippen LogP contribution is 2.56. The lowest BCUT2D eigenvalue weighted by molar-refractivity contribution is -0.174. The van der Waals surface area contributed by atoms with Crippen molar-refractivity contribution in [2.75, 3.05) is 19.4 Å². The minimum Gasteiger partial charge on any atom is -0.508 e. The molecule has 2 fully saturated rings. The third-order valence-corrected chi connectivity index (χ3v) is 9.31. The first-order chi connectivity index (χ1) is 19.7.